The van der Waals surface area contributed by atoms with Crippen molar-refractivity contribution in [2.75, 3.05) is 31.9 Å². The lowest BCUT2D eigenvalue weighted by Crippen LogP contribution is -2.47. The summed E-state index contributed by atoms with van der Waals surface area (Å²) in [7, 11) is -4.86. The molecule has 0 fully saturated rings. The molecule has 0 N–H and O–H groups in total. The van der Waals surface area contributed by atoms with Crippen molar-refractivity contribution in [3.05, 3.63) is 0 Å². The van der Waals surface area contributed by atoms with Crippen molar-refractivity contribution in [3.8, 4) is 0 Å². The number of rotatable bonds is 10. The maximum atomic E-state index is 12.2. The van der Waals surface area contributed by atoms with Crippen molar-refractivity contribution < 1.29 is 39.0 Å². The molecule has 0 rings (SSSR count). The Hall–Kier alpha value is -0.480. The van der Waals surface area contributed by atoms with E-state index < -0.39 is 28.2 Å². The molecule has 0 aromatic rings. The van der Waals surface area contributed by atoms with Crippen molar-refractivity contribution in [1.82, 2.24) is 0 Å². The lowest BCUT2D eigenvalue weighted by molar-refractivity contribution is -0.921. The van der Waals surface area contributed by atoms with Crippen molar-refractivity contribution in [2.45, 2.75) is 66.2 Å². The fraction of sp³-hybridized carbons (Fsp3) is 1.00. The molecule has 0 spiro atoms. The van der Waals surface area contributed by atoms with E-state index in [1.807, 2.05) is 0 Å². The predicted molar refractivity (Wildman–Crippen MR) is 87.8 cm³/mol. The molecule has 0 radical (unpaired) electrons. The lowest BCUT2D eigenvalue weighted by atomic mass is 10.3. The Morgan fingerprint density at radius 2 is 1.20 bits per heavy atom. The van der Waals surface area contributed by atoms with E-state index in [4.69, 9.17) is 0 Å². The van der Waals surface area contributed by atoms with Gasteiger partial charge in [-0.3, -0.25) is 0 Å². The van der Waals surface area contributed by atoms with Gasteiger partial charge >= 0.3 is 12.3 Å². The second-order valence-electron chi connectivity index (χ2n) is 5.67. The molecule has 0 saturated heterocycles. The summed E-state index contributed by atoms with van der Waals surface area (Å²) >= 11 is 0. The van der Waals surface area contributed by atoms with E-state index in [0.717, 1.165) is 0 Å². The van der Waals surface area contributed by atoms with Gasteiger partial charge in [-0.25, -0.2) is 0 Å². The maximum absolute atomic E-state index is 12.2. The molecule has 154 valence electrons. The molecule has 0 aliphatic heterocycles. The summed E-state index contributed by atoms with van der Waals surface area (Å²) in [5.74, 6) is -0.855. The topological polar surface area (TPSA) is 43.4 Å². The van der Waals surface area contributed by atoms with Gasteiger partial charge in [0.1, 0.15) is 0 Å². The highest BCUT2D eigenvalue weighted by Crippen LogP contribution is 2.37. The van der Waals surface area contributed by atoms with E-state index in [1.165, 1.54) is 30.7 Å². The van der Waals surface area contributed by atoms with E-state index >= 15 is 0 Å². The van der Waals surface area contributed by atoms with Gasteiger partial charge in [-0.15, -0.1) is 0 Å². The maximum Gasteiger partial charge on any atom is 0.484 e. The summed E-state index contributed by atoms with van der Waals surface area (Å²) in [5.41, 5.74) is 0. The Morgan fingerprint density at radius 3 is 1.44 bits per heavy atom. The molecule has 0 aromatic heterocycles. The number of hydrogen-bond donors (Lipinski definition) is 0. The highest BCUT2D eigenvalue weighted by Gasteiger charge is 2.62. The van der Waals surface area contributed by atoms with Gasteiger partial charge in [0.15, 0.2) is 0 Å². The fourth-order valence-electron chi connectivity index (χ4n) is 2.12. The van der Waals surface area contributed by atoms with Crippen LogP contribution in [0.4, 0.5) is 22.0 Å². The first-order chi connectivity index (χ1) is 11.3. The Bertz CT molecular complexity index is 431. The number of nitrogens with zero attached hydrogens (tertiary/aromatic N) is 1. The monoisotopic (exact) mass is 400 g/mol. The molecule has 0 aliphatic carbocycles. The first kappa shape index (κ1) is 26.7. The lowest BCUT2D eigenvalue weighted by Gasteiger charge is -2.34. The number of halogens is 5. The third kappa shape index (κ3) is 10.3. The number of quaternary nitrogens is 1. The van der Waals surface area contributed by atoms with Crippen molar-refractivity contribution in [2.24, 2.45) is 0 Å². The molecular weight excluding hydrogens is 369 g/mol. The van der Waals surface area contributed by atoms with Gasteiger partial charge in [-0.2, -0.15) is 34.6 Å². The van der Waals surface area contributed by atoms with Gasteiger partial charge in [0.2, 0.25) is 0 Å². The van der Waals surface area contributed by atoms with Crippen LogP contribution in [0, 0.1) is 0 Å². The molecule has 0 heterocycles. The standard InChI is InChI=1S/C8H20N.C7H11F5O3S/c1-5-9(6-2,7-3)8-4;1-2-3-4-5-16(13,14)15-7(11,12)6(8,9)10/h5-8H2,1-4H3;2-5H2,1H3/q+1;. The minimum atomic E-state index is -6.04. The summed E-state index contributed by atoms with van der Waals surface area (Å²) in [6, 6.07) is 0. The second-order valence-corrected chi connectivity index (χ2v) is 7.36. The molecule has 10 heteroatoms. The van der Waals surface area contributed by atoms with Crippen LogP contribution < -0.4 is 0 Å². The second kappa shape index (κ2) is 11.3. The molecule has 0 aliphatic rings. The van der Waals surface area contributed by atoms with Crippen LogP contribution in [0.3, 0.4) is 0 Å². The number of alkyl halides is 5. The van der Waals surface area contributed by atoms with Crippen LogP contribution in [-0.4, -0.2) is 57.1 Å². The van der Waals surface area contributed by atoms with Crippen LogP contribution in [0.2, 0.25) is 0 Å². The average Bonchev–Trinajstić information content (AvgIpc) is 2.49. The first-order valence-corrected chi connectivity index (χ1v) is 10.1. The van der Waals surface area contributed by atoms with E-state index in [9.17, 15) is 30.4 Å². The Kier molecular flexibility index (Phi) is 12.1. The van der Waals surface area contributed by atoms with Gasteiger partial charge in [-0.05, 0) is 34.1 Å². The minimum absolute atomic E-state index is 0.0211. The largest absolute Gasteiger partial charge is 0.484 e. The first-order valence-electron chi connectivity index (χ1n) is 8.49. The highest BCUT2D eigenvalue weighted by atomic mass is 32.2. The Morgan fingerprint density at radius 1 is 0.800 bits per heavy atom. The zero-order valence-electron chi connectivity index (χ0n) is 15.6. The SMILES string of the molecule is CCCCCS(=O)(=O)OC(F)(F)C(F)(F)F.CC[N+](CC)(CC)CC. The Balaban J connectivity index is 0. The molecule has 4 nitrogen and oxygen atoms in total. The summed E-state index contributed by atoms with van der Waals surface area (Å²) in [4.78, 5) is 0. The quantitative estimate of drug-likeness (QED) is 0.234. The summed E-state index contributed by atoms with van der Waals surface area (Å²) in [5, 5.41) is 0. The molecule has 0 amide bonds. The zero-order chi connectivity index (χ0) is 20.4. The van der Waals surface area contributed by atoms with Crippen LogP contribution >= 0.6 is 0 Å². The molecule has 0 atom stereocenters. The third-order valence-electron chi connectivity index (χ3n) is 4.24. The average molecular weight is 400 g/mol. The van der Waals surface area contributed by atoms with E-state index in [2.05, 4.69) is 31.9 Å². The minimum Gasteiger partial charge on any atom is -0.325 e. The number of unbranched alkanes of at least 4 members (excludes halogenated alkanes) is 2. The third-order valence-corrected chi connectivity index (χ3v) is 5.49. The van der Waals surface area contributed by atoms with Crippen LogP contribution in [0.25, 0.3) is 0 Å². The van der Waals surface area contributed by atoms with Gasteiger partial charge in [-0.1, -0.05) is 19.8 Å². The van der Waals surface area contributed by atoms with Crippen molar-refractivity contribution in [1.29, 1.82) is 0 Å². The van der Waals surface area contributed by atoms with Crippen molar-refractivity contribution >= 4 is 10.1 Å². The van der Waals surface area contributed by atoms with Crippen LogP contribution in [-0.2, 0) is 14.3 Å². The van der Waals surface area contributed by atoms with Crippen LogP contribution in [0.1, 0.15) is 53.9 Å². The molecule has 0 unspecified atom stereocenters. The van der Waals surface area contributed by atoms with E-state index in [-0.39, 0.29) is 6.42 Å². The van der Waals surface area contributed by atoms with E-state index in [1.54, 1.807) is 6.92 Å². The normalized spacial score (nSPS) is 13.4. The number of hydrogen-bond acceptors (Lipinski definition) is 3. The summed E-state index contributed by atoms with van der Waals surface area (Å²) in [6.45, 7) is 15.9. The Labute approximate surface area is 148 Å². The van der Waals surface area contributed by atoms with Crippen LogP contribution in [0.5, 0.6) is 0 Å². The molecule has 0 aromatic carbocycles. The van der Waals surface area contributed by atoms with Gasteiger partial charge in [0.25, 0.3) is 10.1 Å². The van der Waals surface area contributed by atoms with Gasteiger partial charge in [0, 0.05) is 0 Å². The van der Waals surface area contributed by atoms with Crippen LogP contribution in [0.15, 0.2) is 0 Å². The van der Waals surface area contributed by atoms with E-state index in [0.29, 0.717) is 12.8 Å². The summed E-state index contributed by atoms with van der Waals surface area (Å²) < 4.78 is 84.9. The molecular formula is C15H31F5NO3S+. The molecule has 0 saturated carbocycles. The summed E-state index contributed by atoms with van der Waals surface area (Å²) in [6.07, 6.45) is -10.7. The van der Waals surface area contributed by atoms with Gasteiger partial charge in [0.05, 0.1) is 31.9 Å². The predicted octanol–water partition coefficient (Wildman–Crippen LogP) is 4.56. The molecule has 25 heavy (non-hydrogen) atoms. The molecule has 0 bridgehead atoms. The zero-order valence-corrected chi connectivity index (χ0v) is 16.4. The highest BCUT2D eigenvalue weighted by molar-refractivity contribution is 7.86. The van der Waals surface area contributed by atoms with Gasteiger partial charge < -0.3 is 4.48 Å². The van der Waals surface area contributed by atoms with Crippen molar-refractivity contribution in [3.63, 3.8) is 0 Å². The smallest absolute Gasteiger partial charge is 0.325 e. The fourth-order valence-corrected chi connectivity index (χ4v) is 3.17.